The summed E-state index contributed by atoms with van der Waals surface area (Å²) in [6.07, 6.45) is 5.41. The summed E-state index contributed by atoms with van der Waals surface area (Å²) in [4.78, 5) is 39.0. The number of thioether (sulfide) groups is 1. The van der Waals surface area contributed by atoms with Crippen molar-refractivity contribution in [1.82, 2.24) is 20.2 Å². The number of rotatable bonds is 6. The van der Waals surface area contributed by atoms with E-state index in [-0.39, 0.29) is 17.9 Å². The highest BCUT2D eigenvalue weighted by molar-refractivity contribution is 7.98. The first kappa shape index (κ1) is 21.9. The largest absolute Gasteiger partial charge is 0.337 e. The molecule has 1 aromatic carbocycles. The van der Waals surface area contributed by atoms with Gasteiger partial charge in [0.25, 0.3) is 0 Å². The van der Waals surface area contributed by atoms with E-state index in [1.807, 2.05) is 44.4 Å². The highest BCUT2D eigenvalue weighted by Crippen LogP contribution is 2.19. The van der Waals surface area contributed by atoms with E-state index in [0.717, 1.165) is 10.6 Å². The maximum atomic E-state index is 12.8. The van der Waals surface area contributed by atoms with Gasteiger partial charge in [-0.1, -0.05) is 19.9 Å². The van der Waals surface area contributed by atoms with Crippen molar-refractivity contribution in [2.45, 2.75) is 24.8 Å². The molecule has 1 saturated heterocycles. The van der Waals surface area contributed by atoms with Crippen LogP contribution in [0.2, 0.25) is 0 Å². The van der Waals surface area contributed by atoms with Crippen molar-refractivity contribution in [3.05, 3.63) is 42.7 Å². The number of aromatic nitrogens is 2. The van der Waals surface area contributed by atoms with Crippen LogP contribution in [-0.4, -0.2) is 65.3 Å². The molecule has 0 spiro atoms. The van der Waals surface area contributed by atoms with E-state index in [0.29, 0.717) is 32.1 Å². The molecule has 1 aliphatic rings. The Kier molecular flexibility index (Phi) is 7.51. The molecular weight excluding hydrogens is 400 g/mol. The molecule has 3 rings (SSSR count). The zero-order valence-electron chi connectivity index (χ0n) is 17.5. The van der Waals surface area contributed by atoms with Gasteiger partial charge in [-0.05, 0) is 36.4 Å². The predicted molar refractivity (Wildman–Crippen MR) is 120 cm³/mol. The number of anilines is 2. The van der Waals surface area contributed by atoms with Crippen LogP contribution in [0.4, 0.5) is 16.4 Å². The number of hydrogen-bond acceptors (Lipinski definition) is 6. The average molecular weight is 429 g/mol. The van der Waals surface area contributed by atoms with Gasteiger partial charge in [-0.3, -0.25) is 4.79 Å². The fourth-order valence-electron chi connectivity index (χ4n) is 3.24. The third kappa shape index (κ3) is 5.63. The van der Waals surface area contributed by atoms with Crippen LogP contribution < -0.4 is 15.5 Å². The molecule has 0 radical (unpaired) electrons. The van der Waals surface area contributed by atoms with Crippen molar-refractivity contribution in [2.75, 3.05) is 42.7 Å². The smallest absolute Gasteiger partial charge is 0.318 e. The second kappa shape index (κ2) is 10.3. The number of carbonyl (C=O) groups excluding carboxylic acids is 2. The molecule has 2 N–H and O–H groups in total. The molecule has 2 heterocycles. The zero-order valence-corrected chi connectivity index (χ0v) is 18.4. The molecule has 30 heavy (non-hydrogen) atoms. The summed E-state index contributed by atoms with van der Waals surface area (Å²) in [5.41, 5.74) is 0.725. The number of piperazine rings is 1. The number of nitrogens with one attached hydrogen (secondary N) is 2. The monoisotopic (exact) mass is 428 g/mol. The maximum Gasteiger partial charge on any atom is 0.318 e. The summed E-state index contributed by atoms with van der Waals surface area (Å²) < 4.78 is 0. The van der Waals surface area contributed by atoms with E-state index in [1.54, 1.807) is 35.1 Å². The van der Waals surface area contributed by atoms with Gasteiger partial charge in [-0.2, -0.15) is 0 Å². The molecule has 3 amide bonds. The molecule has 0 bridgehead atoms. The Hall–Kier alpha value is -2.81. The fraction of sp³-hybridized carbons (Fsp3) is 0.429. The third-order valence-electron chi connectivity index (χ3n) is 4.97. The van der Waals surface area contributed by atoms with E-state index < -0.39 is 6.04 Å². The molecule has 0 saturated carbocycles. The van der Waals surface area contributed by atoms with Gasteiger partial charge in [0.2, 0.25) is 11.9 Å². The quantitative estimate of drug-likeness (QED) is 0.688. The van der Waals surface area contributed by atoms with Crippen molar-refractivity contribution in [3.8, 4) is 0 Å². The molecule has 1 aliphatic heterocycles. The van der Waals surface area contributed by atoms with Crippen LogP contribution in [0.25, 0.3) is 0 Å². The average Bonchev–Trinajstić information content (AvgIpc) is 2.77. The first-order valence-electron chi connectivity index (χ1n) is 10.00. The molecule has 8 nitrogen and oxygen atoms in total. The number of hydrogen-bond donors (Lipinski definition) is 2. The minimum absolute atomic E-state index is 0.0447. The Labute approximate surface area is 181 Å². The van der Waals surface area contributed by atoms with Crippen molar-refractivity contribution >= 4 is 35.3 Å². The van der Waals surface area contributed by atoms with Crippen molar-refractivity contribution < 1.29 is 9.59 Å². The Morgan fingerprint density at radius 2 is 1.77 bits per heavy atom. The van der Waals surface area contributed by atoms with Crippen molar-refractivity contribution in [1.29, 1.82) is 0 Å². The summed E-state index contributed by atoms with van der Waals surface area (Å²) >= 11 is 1.61. The first-order chi connectivity index (χ1) is 14.5. The Bertz CT molecular complexity index is 856. The lowest BCUT2D eigenvalue weighted by molar-refractivity contribution is -0.118. The SMILES string of the molecule is CSc1cccc(NC(=O)C(NC(=O)N2CCN(c3ncccn3)CC2)C(C)C)c1. The third-order valence-corrected chi connectivity index (χ3v) is 5.69. The Morgan fingerprint density at radius 3 is 2.40 bits per heavy atom. The van der Waals surface area contributed by atoms with Crippen LogP contribution in [-0.2, 0) is 4.79 Å². The van der Waals surface area contributed by atoms with Gasteiger partial charge in [-0.15, -0.1) is 11.8 Å². The van der Waals surface area contributed by atoms with Crippen LogP contribution in [0.1, 0.15) is 13.8 Å². The van der Waals surface area contributed by atoms with Crippen LogP contribution in [0.3, 0.4) is 0 Å². The standard InChI is InChI=1S/C21H28N6O2S/c1-15(2)18(19(28)24-16-6-4-7-17(14-16)30-3)25-21(29)27-12-10-26(11-13-27)20-22-8-5-9-23-20/h4-9,14-15,18H,10-13H2,1-3H3,(H,24,28)(H,25,29). The summed E-state index contributed by atoms with van der Waals surface area (Å²) in [5, 5.41) is 5.83. The van der Waals surface area contributed by atoms with Gasteiger partial charge in [0.1, 0.15) is 6.04 Å². The van der Waals surface area contributed by atoms with Gasteiger partial charge in [-0.25, -0.2) is 14.8 Å². The minimum Gasteiger partial charge on any atom is -0.337 e. The van der Waals surface area contributed by atoms with Crippen LogP contribution in [0.15, 0.2) is 47.6 Å². The lowest BCUT2D eigenvalue weighted by atomic mass is 10.0. The van der Waals surface area contributed by atoms with E-state index in [4.69, 9.17) is 0 Å². The molecule has 9 heteroatoms. The van der Waals surface area contributed by atoms with Crippen LogP contribution in [0.5, 0.6) is 0 Å². The molecular formula is C21H28N6O2S. The number of nitrogens with zero attached hydrogens (tertiary/aromatic N) is 4. The van der Waals surface area contributed by atoms with Gasteiger partial charge in [0.05, 0.1) is 0 Å². The molecule has 1 atom stereocenters. The number of benzene rings is 1. The fourth-order valence-corrected chi connectivity index (χ4v) is 3.70. The van der Waals surface area contributed by atoms with Gasteiger partial charge < -0.3 is 20.4 Å². The van der Waals surface area contributed by atoms with Crippen molar-refractivity contribution in [2.24, 2.45) is 5.92 Å². The highest BCUT2D eigenvalue weighted by Gasteiger charge is 2.28. The van der Waals surface area contributed by atoms with E-state index in [9.17, 15) is 9.59 Å². The molecule has 160 valence electrons. The molecule has 1 unspecified atom stereocenters. The normalized spacial score (nSPS) is 15.1. The van der Waals surface area contributed by atoms with Gasteiger partial charge >= 0.3 is 6.03 Å². The number of urea groups is 1. The molecule has 1 aromatic heterocycles. The number of carbonyl (C=O) groups is 2. The second-order valence-corrected chi connectivity index (χ2v) is 8.29. The summed E-state index contributed by atoms with van der Waals surface area (Å²) in [6.45, 7) is 6.24. The van der Waals surface area contributed by atoms with Gasteiger partial charge in [0.15, 0.2) is 0 Å². The van der Waals surface area contributed by atoms with E-state index >= 15 is 0 Å². The van der Waals surface area contributed by atoms with Crippen LogP contribution in [0, 0.1) is 5.92 Å². The maximum absolute atomic E-state index is 12.8. The zero-order chi connectivity index (χ0) is 21.5. The summed E-state index contributed by atoms with van der Waals surface area (Å²) in [5.74, 6) is 0.411. The lowest BCUT2D eigenvalue weighted by Gasteiger charge is -2.35. The summed E-state index contributed by atoms with van der Waals surface area (Å²) in [6, 6.07) is 8.60. The van der Waals surface area contributed by atoms with E-state index in [2.05, 4.69) is 25.5 Å². The summed E-state index contributed by atoms with van der Waals surface area (Å²) in [7, 11) is 0. The molecule has 1 fully saturated rings. The Balaban J connectivity index is 1.57. The minimum atomic E-state index is -0.620. The van der Waals surface area contributed by atoms with Gasteiger partial charge in [0, 0.05) is 49.2 Å². The highest BCUT2D eigenvalue weighted by atomic mass is 32.2. The second-order valence-electron chi connectivity index (χ2n) is 7.42. The predicted octanol–water partition coefficient (Wildman–Crippen LogP) is 2.69. The van der Waals surface area contributed by atoms with E-state index in [1.165, 1.54) is 0 Å². The lowest BCUT2D eigenvalue weighted by Crippen LogP contribution is -2.56. The topological polar surface area (TPSA) is 90.5 Å². The van der Waals surface area contributed by atoms with Crippen molar-refractivity contribution in [3.63, 3.8) is 0 Å². The van der Waals surface area contributed by atoms with Crippen LogP contribution >= 0.6 is 11.8 Å². The molecule has 0 aliphatic carbocycles. The molecule has 2 aromatic rings. The Morgan fingerprint density at radius 1 is 1.07 bits per heavy atom. The first-order valence-corrected chi connectivity index (χ1v) is 11.2. The number of amides is 3.